The number of piperidine rings is 1. The van der Waals surface area contributed by atoms with E-state index in [0.717, 1.165) is 30.9 Å². The fourth-order valence-electron chi connectivity index (χ4n) is 2.52. The first-order chi connectivity index (χ1) is 9.08. The molecule has 0 saturated carbocycles. The first kappa shape index (κ1) is 14.1. The van der Waals surface area contributed by atoms with Gasteiger partial charge in [0.25, 0.3) is 0 Å². The van der Waals surface area contributed by atoms with Crippen molar-refractivity contribution >= 4 is 5.91 Å². The molecule has 4 heteroatoms. The zero-order valence-corrected chi connectivity index (χ0v) is 12.1. The smallest absolute Gasteiger partial charge is 0.240 e. The highest BCUT2D eigenvalue weighted by Gasteiger charge is 2.27. The Kier molecular flexibility index (Phi) is 4.64. The lowest BCUT2D eigenvalue weighted by atomic mass is 10.0. The summed E-state index contributed by atoms with van der Waals surface area (Å²) >= 11 is 0. The first-order valence-electron chi connectivity index (χ1n) is 7.17. The van der Waals surface area contributed by atoms with Gasteiger partial charge in [0.2, 0.25) is 5.91 Å². The molecule has 1 N–H and O–H groups in total. The third-order valence-corrected chi connectivity index (χ3v) is 3.64. The number of amides is 1. The van der Waals surface area contributed by atoms with Gasteiger partial charge in [-0.2, -0.15) is 0 Å². The zero-order valence-electron chi connectivity index (χ0n) is 12.1. The van der Waals surface area contributed by atoms with Crippen LogP contribution in [0, 0.1) is 6.92 Å². The second-order valence-electron chi connectivity index (χ2n) is 5.57. The molecule has 1 aliphatic heterocycles. The number of nitrogens with zero attached hydrogens (tertiary/aromatic N) is 1. The van der Waals surface area contributed by atoms with E-state index in [0.29, 0.717) is 6.54 Å². The molecule has 0 spiro atoms. The number of rotatable bonds is 4. The summed E-state index contributed by atoms with van der Waals surface area (Å²) in [5.41, 5.74) is 0. The van der Waals surface area contributed by atoms with Crippen LogP contribution in [0.5, 0.6) is 0 Å². The van der Waals surface area contributed by atoms with Crippen LogP contribution in [0.3, 0.4) is 0 Å². The molecule has 1 aromatic heterocycles. The van der Waals surface area contributed by atoms with Gasteiger partial charge in [0.1, 0.15) is 11.5 Å². The maximum absolute atomic E-state index is 12.6. The summed E-state index contributed by atoms with van der Waals surface area (Å²) in [4.78, 5) is 14.5. The average Bonchev–Trinajstić information content (AvgIpc) is 2.81. The largest absolute Gasteiger partial charge is 0.464 e. The highest BCUT2D eigenvalue weighted by atomic mass is 16.3. The fraction of sp³-hybridized carbons (Fsp3) is 0.667. The van der Waals surface area contributed by atoms with Gasteiger partial charge >= 0.3 is 0 Å². The standard InChI is InChI=1S/C15H24N2O2/c1-11(2)17(10-13-8-7-12(3)19-13)15(18)14-6-4-5-9-16-14/h7-8,11,14,16H,4-6,9-10H2,1-3H3/t14-/m0/s1. The van der Waals surface area contributed by atoms with E-state index >= 15 is 0 Å². The van der Waals surface area contributed by atoms with E-state index in [-0.39, 0.29) is 18.0 Å². The maximum atomic E-state index is 12.6. The zero-order chi connectivity index (χ0) is 13.8. The summed E-state index contributed by atoms with van der Waals surface area (Å²) in [5.74, 6) is 1.95. The fourth-order valence-corrected chi connectivity index (χ4v) is 2.52. The topological polar surface area (TPSA) is 45.5 Å². The summed E-state index contributed by atoms with van der Waals surface area (Å²) in [5, 5.41) is 3.32. The van der Waals surface area contributed by atoms with Crippen LogP contribution in [0.1, 0.15) is 44.6 Å². The van der Waals surface area contributed by atoms with E-state index in [1.54, 1.807) is 0 Å². The summed E-state index contributed by atoms with van der Waals surface area (Å²) < 4.78 is 5.59. The molecule has 0 aliphatic carbocycles. The molecule has 0 radical (unpaired) electrons. The maximum Gasteiger partial charge on any atom is 0.240 e. The van der Waals surface area contributed by atoms with Gasteiger partial charge in [0, 0.05) is 6.04 Å². The Labute approximate surface area is 115 Å². The Morgan fingerprint density at radius 1 is 1.47 bits per heavy atom. The molecule has 1 amide bonds. The van der Waals surface area contributed by atoms with Crippen LogP contribution in [0.4, 0.5) is 0 Å². The van der Waals surface area contributed by atoms with Gasteiger partial charge in [-0.1, -0.05) is 6.42 Å². The monoisotopic (exact) mass is 264 g/mol. The van der Waals surface area contributed by atoms with E-state index in [1.165, 1.54) is 6.42 Å². The Balaban J connectivity index is 2.04. The van der Waals surface area contributed by atoms with Crippen molar-refractivity contribution < 1.29 is 9.21 Å². The Bertz CT molecular complexity index is 420. The van der Waals surface area contributed by atoms with E-state index in [4.69, 9.17) is 4.42 Å². The van der Waals surface area contributed by atoms with Crippen molar-refractivity contribution in [2.24, 2.45) is 0 Å². The third-order valence-electron chi connectivity index (χ3n) is 3.64. The summed E-state index contributed by atoms with van der Waals surface area (Å²) in [7, 11) is 0. The van der Waals surface area contributed by atoms with Gasteiger partial charge in [0.15, 0.2) is 0 Å². The predicted octanol–water partition coefficient (Wildman–Crippen LogP) is 2.47. The molecule has 1 aliphatic rings. The van der Waals surface area contributed by atoms with Gasteiger partial charge in [-0.15, -0.1) is 0 Å². The molecule has 0 aromatic carbocycles. The molecule has 19 heavy (non-hydrogen) atoms. The van der Waals surface area contributed by atoms with Crippen molar-refractivity contribution in [1.29, 1.82) is 0 Å². The van der Waals surface area contributed by atoms with Gasteiger partial charge in [-0.05, 0) is 52.3 Å². The molecule has 0 unspecified atom stereocenters. The minimum absolute atomic E-state index is 0.0211. The first-order valence-corrected chi connectivity index (χ1v) is 7.17. The van der Waals surface area contributed by atoms with Crippen molar-refractivity contribution in [1.82, 2.24) is 10.2 Å². The lowest BCUT2D eigenvalue weighted by Gasteiger charge is -2.32. The van der Waals surface area contributed by atoms with E-state index in [2.05, 4.69) is 19.2 Å². The minimum atomic E-state index is -0.0211. The Morgan fingerprint density at radius 3 is 2.79 bits per heavy atom. The van der Waals surface area contributed by atoms with Crippen LogP contribution >= 0.6 is 0 Å². The average molecular weight is 264 g/mol. The quantitative estimate of drug-likeness (QED) is 0.908. The van der Waals surface area contributed by atoms with Crippen LogP contribution in [0.15, 0.2) is 16.5 Å². The van der Waals surface area contributed by atoms with Crippen LogP contribution in [0.2, 0.25) is 0 Å². The van der Waals surface area contributed by atoms with Gasteiger partial charge in [-0.3, -0.25) is 4.79 Å². The van der Waals surface area contributed by atoms with Crippen LogP contribution in [-0.2, 0) is 11.3 Å². The van der Waals surface area contributed by atoms with Crippen LogP contribution in [0.25, 0.3) is 0 Å². The molecular weight excluding hydrogens is 240 g/mol. The summed E-state index contributed by atoms with van der Waals surface area (Å²) in [6.07, 6.45) is 3.25. The second kappa shape index (κ2) is 6.24. The van der Waals surface area contributed by atoms with Gasteiger partial charge < -0.3 is 14.6 Å². The molecule has 2 rings (SSSR count). The van der Waals surface area contributed by atoms with Crippen molar-refractivity contribution in [2.75, 3.05) is 6.54 Å². The van der Waals surface area contributed by atoms with E-state index in [9.17, 15) is 4.79 Å². The molecule has 1 atom stereocenters. The van der Waals surface area contributed by atoms with Crippen molar-refractivity contribution in [3.63, 3.8) is 0 Å². The SMILES string of the molecule is Cc1ccc(CN(C(=O)[C@@H]2CCCCN2)C(C)C)o1. The highest BCUT2D eigenvalue weighted by molar-refractivity contribution is 5.82. The lowest BCUT2D eigenvalue weighted by Crippen LogP contribution is -2.50. The minimum Gasteiger partial charge on any atom is -0.464 e. The summed E-state index contributed by atoms with van der Waals surface area (Å²) in [6.45, 7) is 7.53. The molecule has 1 fully saturated rings. The van der Waals surface area contributed by atoms with Crippen LogP contribution in [-0.4, -0.2) is 29.4 Å². The summed E-state index contributed by atoms with van der Waals surface area (Å²) in [6, 6.07) is 4.05. The molecule has 1 saturated heterocycles. The molecule has 4 nitrogen and oxygen atoms in total. The molecule has 0 bridgehead atoms. The Morgan fingerprint density at radius 2 is 2.26 bits per heavy atom. The number of hydrogen-bond acceptors (Lipinski definition) is 3. The third kappa shape index (κ3) is 3.60. The molecular formula is C15H24N2O2. The number of aryl methyl sites for hydroxylation is 1. The van der Waals surface area contributed by atoms with E-state index < -0.39 is 0 Å². The second-order valence-corrected chi connectivity index (χ2v) is 5.57. The highest BCUT2D eigenvalue weighted by Crippen LogP contribution is 2.16. The number of hydrogen-bond donors (Lipinski definition) is 1. The van der Waals surface area contributed by atoms with Crippen molar-refractivity contribution in [3.05, 3.63) is 23.7 Å². The number of furan rings is 1. The van der Waals surface area contributed by atoms with E-state index in [1.807, 2.05) is 24.0 Å². The number of carbonyl (C=O) groups is 1. The normalized spacial score (nSPS) is 19.7. The number of nitrogens with one attached hydrogen (secondary N) is 1. The van der Waals surface area contributed by atoms with Gasteiger partial charge in [-0.25, -0.2) is 0 Å². The van der Waals surface area contributed by atoms with Gasteiger partial charge in [0.05, 0.1) is 12.6 Å². The number of carbonyl (C=O) groups excluding carboxylic acids is 1. The van der Waals surface area contributed by atoms with Crippen molar-refractivity contribution in [3.8, 4) is 0 Å². The van der Waals surface area contributed by atoms with Crippen LogP contribution < -0.4 is 5.32 Å². The molecule has 2 heterocycles. The lowest BCUT2D eigenvalue weighted by molar-refractivity contribution is -0.136. The molecule has 1 aromatic rings. The molecule has 106 valence electrons. The van der Waals surface area contributed by atoms with Crippen molar-refractivity contribution in [2.45, 2.75) is 58.7 Å². The Hall–Kier alpha value is -1.29. The predicted molar refractivity (Wildman–Crippen MR) is 74.8 cm³/mol.